The first-order chi connectivity index (χ1) is 10.2. The molecule has 2 nitrogen and oxygen atoms in total. The van der Waals surface area contributed by atoms with Gasteiger partial charge in [-0.3, -0.25) is 0 Å². The standard InChI is InChI=1S/C19H25NO/c1-5-12-20-15(3)18-8-6-7-9-19(18)17-11-10-16(21-4)13-14(17)2/h6-11,13,15,20H,5,12H2,1-4H3. The van der Waals surface area contributed by atoms with Gasteiger partial charge in [-0.15, -0.1) is 0 Å². The van der Waals surface area contributed by atoms with E-state index in [1.807, 2.05) is 6.07 Å². The second-order valence-electron chi connectivity index (χ2n) is 5.44. The molecule has 0 spiro atoms. The summed E-state index contributed by atoms with van der Waals surface area (Å²) in [5.74, 6) is 0.908. The molecule has 0 saturated heterocycles. The van der Waals surface area contributed by atoms with Gasteiger partial charge in [0.1, 0.15) is 5.75 Å². The van der Waals surface area contributed by atoms with Crippen LogP contribution in [0.3, 0.4) is 0 Å². The van der Waals surface area contributed by atoms with Crippen LogP contribution in [-0.4, -0.2) is 13.7 Å². The van der Waals surface area contributed by atoms with Gasteiger partial charge in [-0.1, -0.05) is 37.3 Å². The summed E-state index contributed by atoms with van der Waals surface area (Å²) in [7, 11) is 1.71. The molecule has 112 valence electrons. The van der Waals surface area contributed by atoms with Crippen molar-refractivity contribution in [3.63, 3.8) is 0 Å². The molecule has 0 fully saturated rings. The van der Waals surface area contributed by atoms with E-state index in [0.29, 0.717) is 6.04 Å². The van der Waals surface area contributed by atoms with Crippen LogP contribution in [0.5, 0.6) is 5.75 Å². The van der Waals surface area contributed by atoms with Crippen molar-refractivity contribution in [1.29, 1.82) is 0 Å². The molecule has 1 atom stereocenters. The summed E-state index contributed by atoms with van der Waals surface area (Å²) >= 11 is 0. The van der Waals surface area contributed by atoms with Crippen LogP contribution >= 0.6 is 0 Å². The number of hydrogen-bond donors (Lipinski definition) is 1. The van der Waals surface area contributed by atoms with E-state index in [-0.39, 0.29) is 0 Å². The molecule has 0 heterocycles. The third-order valence-corrected chi connectivity index (χ3v) is 3.85. The SMILES string of the molecule is CCCNC(C)c1ccccc1-c1ccc(OC)cc1C. The number of ether oxygens (including phenoxy) is 1. The van der Waals surface area contributed by atoms with E-state index in [9.17, 15) is 0 Å². The van der Waals surface area contributed by atoms with Gasteiger partial charge in [-0.05, 0) is 61.2 Å². The fourth-order valence-electron chi connectivity index (χ4n) is 2.66. The highest BCUT2D eigenvalue weighted by Crippen LogP contribution is 2.32. The summed E-state index contributed by atoms with van der Waals surface area (Å²) < 4.78 is 5.30. The summed E-state index contributed by atoms with van der Waals surface area (Å²) in [5, 5.41) is 3.58. The van der Waals surface area contributed by atoms with Crippen molar-refractivity contribution in [1.82, 2.24) is 5.32 Å². The van der Waals surface area contributed by atoms with Gasteiger partial charge in [0.25, 0.3) is 0 Å². The molecule has 0 aliphatic heterocycles. The fourth-order valence-corrected chi connectivity index (χ4v) is 2.66. The Balaban J connectivity index is 2.40. The monoisotopic (exact) mass is 283 g/mol. The molecule has 0 aliphatic rings. The van der Waals surface area contributed by atoms with Gasteiger partial charge in [-0.2, -0.15) is 0 Å². The second-order valence-corrected chi connectivity index (χ2v) is 5.44. The highest BCUT2D eigenvalue weighted by molar-refractivity contribution is 5.71. The molecule has 1 N–H and O–H groups in total. The van der Waals surface area contributed by atoms with E-state index in [1.165, 1.54) is 22.3 Å². The van der Waals surface area contributed by atoms with Crippen LogP contribution in [0.2, 0.25) is 0 Å². The molecule has 0 amide bonds. The molecular formula is C19H25NO. The molecule has 21 heavy (non-hydrogen) atoms. The van der Waals surface area contributed by atoms with Crippen LogP contribution in [0.15, 0.2) is 42.5 Å². The van der Waals surface area contributed by atoms with Crippen LogP contribution in [-0.2, 0) is 0 Å². The van der Waals surface area contributed by atoms with E-state index in [2.05, 4.69) is 62.5 Å². The highest BCUT2D eigenvalue weighted by Gasteiger charge is 2.12. The Hall–Kier alpha value is -1.80. The summed E-state index contributed by atoms with van der Waals surface area (Å²) in [5.41, 5.74) is 5.16. The third-order valence-electron chi connectivity index (χ3n) is 3.85. The molecule has 2 aromatic rings. The van der Waals surface area contributed by atoms with Gasteiger partial charge >= 0.3 is 0 Å². The predicted octanol–water partition coefficient (Wildman–Crippen LogP) is 4.73. The van der Waals surface area contributed by atoms with Gasteiger partial charge in [0.2, 0.25) is 0 Å². The number of hydrogen-bond acceptors (Lipinski definition) is 2. The second kappa shape index (κ2) is 7.28. The molecule has 2 heteroatoms. The molecule has 2 aromatic carbocycles. The Kier molecular flexibility index (Phi) is 5.40. The lowest BCUT2D eigenvalue weighted by Gasteiger charge is -2.19. The number of methoxy groups -OCH3 is 1. The van der Waals surface area contributed by atoms with Gasteiger partial charge in [-0.25, -0.2) is 0 Å². The number of nitrogens with one attached hydrogen (secondary N) is 1. The fraction of sp³-hybridized carbons (Fsp3) is 0.368. The zero-order valence-electron chi connectivity index (χ0n) is 13.4. The Morgan fingerprint density at radius 3 is 2.52 bits per heavy atom. The lowest BCUT2D eigenvalue weighted by molar-refractivity contribution is 0.414. The normalized spacial score (nSPS) is 12.2. The van der Waals surface area contributed by atoms with Gasteiger partial charge in [0.05, 0.1) is 7.11 Å². The minimum Gasteiger partial charge on any atom is -0.497 e. The van der Waals surface area contributed by atoms with E-state index >= 15 is 0 Å². The first kappa shape index (κ1) is 15.6. The van der Waals surface area contributed by atoms with Crippen molar-refractivity contribution in [3.8, 4) is 16.9 Å². The number of rotatable bonds is 6. The van der Waals surface area contributed by atoms with Gasteiger partial charge < -0.3 is 10.1 Å². The van der Waals surface area contributed by atoms with Crippen molar-refractivity contribution in [2.75, 3.05) is 13.7 Å². The van der Waals surface area contributed by atoms with E-state index < -0.39 is 0 Å². The predicted molar refractivity (Wildman–Crippen MR) is 89.9 cm³/mol. The van der Waals surface area contributed by atoms with E-state index in [0.717, 1.165) is 18.7 Å². The minimum absolute atomic E-state index is 0.350. The molecule has 0 aliphatic carbocycles. The zero-order valence-corrected chi connectivity index (χ0v) is 13.4. The van der Waals surface area contributed by atoms with Crippen molar-refractivity contribution in [3.05, 3.63) is 53.6 Å². The zero-order chi connectivity index (χ0) is 15.2. The summed E-state index contributed by atoms with van der Waals surface area (Å²) in [4.78, 5) is 0. The molecule has 0 radical (unpaired) electrons. The van der Waals surface area contributed by atoms with Gasteiger partial charge in [0, 0.05) is 6.04 Å². The molecule has 0 bridgehead atoms. The van der Waals surface area contributed by atoms with Crippen LogP contribution in [0, 0.1) is 6.92 Å². The first-order valence-electron chi connectivity index (χ1n) is 7.64. The van der Waals surface area contributed by atoms with E-state index in [4.69, 9.17) is 4.74 Å². The lowest BCUT2D eigenvalue weighted by atomic mass is 9.92. The average molecular weight is 283 g/mol. The van der Waals surface area contributed by atoms with E-state index in [1.54, 1.807) is 7.11 Å². The van der Waals surface area contributed by atoms with Crippen molar-refractivity contribution < 1.29 is 4.74 Å². The summed E-state index contributed by atoms with van der Waals surface area (Å²) in [6.07, 6.45) is 1.15. The maximum Gasteiger partial charge on any atom is 0.119 e. The average Bonchev–Trinajstić information content (AvgIpc) is 2.52. The quantitative estimate of drug-likeness (QED) is 0.827. The molecular weight excluding hydrogens is 258 g/mol. The van der Waals surface area contributed by atoms with Gasteiger partial charge in [0.15, 0.2) is 0 Å². The maximum absolute atomic E-state index is 5.30. The Bertz CT molecular complexity index is 592. The highest BCUT2D eigenvalue weighted by atomic mass is 16.5. The molecule has 0 saturated carbocycles. The largest absolute Gasteiger partial charge is 0.497 e. The van der Waals surface area contributed by atoms with Crippen LogP contribution in [0.25, 0.3) is 11.1 Å². The Morgan fingerprint density at radius 2 is 1.86 bits per heavy atom. The van der Waals surface area contributed by atoms with Crippen molar-refractivity contribution in [2.45, 2.75) is 33.2 Å². The molecule has 1 unspecified atom stereocenters. The van der Waals surface area contributed by atoms with Crippen LogP contribution < -0.4 is 10.1 Å². The third kappa shape index (κ3) is 3.64. The van der Waals surface area contributed by atoms with Crippen molar-refractivity contribution in [2.24, 2.45) is 0 Å². The molecule has 0 aromatic heterocycles. The summed E-state index contributed by atoms with van der Waals surface area (Å²) in [6.45, 7) is 7.60. The lowest BCUT2D eigenvalue weighted by Crippen LogP contribution is -2.19. The Labute approximate surface area is 128 Å². The minimum atomic E-state index is 0.350. The smallest absolute Gasteiger partial charge is 0.119 e. The summed E-state index contributed by atoms with van der Waals surface area (Å²) in [6, 6.07) is 15.3. The maximum atomic E-state index is 5.30. The van der Waals surface area contributed by atoms with Crippen LogP contribution in [0.1, 0.15) is 37.4 Å². The first-order valence-corrected chi connectivity index (χ1v) is 7.64. The number of aryl methyl sites for hydroxylation is 1. The topological polar surface area (TPSA) is 21.3 Å². The number of benzene rings is 2. The van der Waals surface area contributed by atoms with Crippen molar-refractivity contribution >= 4 is 0 Å². The molecule has 2 rings (SSSR count). The van der Waals surface area contributed by atoms with Crippen LogP contribution in [0.4, 0.5) is 0 Å². The Morgan fingerprint density at radius 1 is 1.10 bits per heavy atom.